The van der Waals surface area contributed by atoms with Crippen LogP contribution in [-0.2, 0) is 11.8 Å². The molecule has 0 aromatic carbocycles. The van der Waals surface area contributed by atoms with Crippen LogP contribution in [0.3, 0.4) is 0 Å². The Morgan fingerprint density at radius 2 is 2.29 bits per heavy atom. The lowest BCUT2D eigenvalue weighted by Gasteiger charge is -2.12. The highest BCUT2D eigenvalue weighted by molar-refractivity contribution is 5.49. The summed E-state index contributed by atoms with van der Waals surface area (Å²) in [5.74, 6) is -0.286. The molecular weight excluding hydrogens is 218 g/mol. The molecule has 2 atom stereocenters. The van der Waals surface area contributed by atoms with Crippen molar-refractivity contribution in [1.29, 1.82) is 5.26 Å². The summed E-state index contributed by atoms with van der Waals surface area (Å²) < 4.78 is 1.48. The average Bonchev–Trinajstić information content (AvgIpc) is 2.76. The van der Waals surface area contributed by atoms with E-state index in [9.17, 15) is 9.59 Å². The van der Waals surface area contributed by atoms with Gasteiger partial charge in [0.2, 0.25) is 6.41 Å². The molecular formula is C12H13N3O2. The number of hydrogen-bond donors (Lipinski definition) is 0. The fourth-order valence-electron chi connectivity index (χ4n) is 2.18. The van der Waals surface area contributed by atoms with Crippen molar-refractivity contribution in [2.45, 2.75) is 5.92 Å². The van der Waals surface area contributed by atoms with Crippen LogP contribution in [0.5, 0.6) is 0 Å². The van der Waals surface area contributed by atoms with Gasteiger partial charge in [-0.05, 0) is 11.6 Å². The van der Waals surface area contributed by atoms with Crippen molar-refractivity contribution < 1.29 is 4.79 Å². The van der Waals surface area contributed by atoms with E-state index >= 15 is 0 Å². The molecule has 0 spiro atoms. The topological polar surface area (TPSA) is 66.1 Å². The maximum atomic E-state index is 11.5. The van der Waals surface area contributed by atoms with Crippen LogP contribution in [0.25, 0.3) is 0 Å². The number of amides is 1. The maximum Gasteiger partial charge on any atom is 0.250 e. The number of aromatic nitrogens is 1. The van der Waals surface area contributed by atoms with E-state index in [2.05, 4.69) is 6.07 Å². The predicted molar refractivity (Wildman–Crippen MR) is 61.2 cm³/mol. The molecule has 2 rings (SSSR count). The van der Waals surface area contributed by atoms with Gasteiger partial charge in [0, 0.05) is 38.3 Å². The minimum absolute atomic E-state index is 0.0564. The van der Waals surface area contributed by atoms with Gasteiger partial charge < -0.3 is 9.47 Å². The smallest absolute Gasteiger partial charge is 0.250 e. The summed E-state index contributed by atoms with van der Waals surface area (Å²) in [6.45, 7) is 0.953. The van der Waals surface area contributed by atoms with E-state index in [-0.39, 0.29) is 17.4 Å². The zero-order valence-corrected chi connectivity index (χ0v) is 9.54. The number of pyridine rings is 1. The fraction of sp³-hybridized carbons (Fsp3) is 0.417. The van der Waals surface area contributed by atoms with Crippen molar-refractivity contribution in [3.05, 3.63) is 34.2 Å². The van der Waals surface area contributed by atoms with E-state index in [0.29, 0.717) is 13.1 Å². The number of carbonyl (C=O) groups is 1. The molecule has 88 valence electrons. The first-order valence-corrected chi connectivity index (χ1v) is 5.41. The first-order valence-electron chi connectivity index (χ1n) is 5.41. The largest absolute Gasteiger partial charge is 0.343 e. The first-order chi connectivity index (χ1) is 8.15. The highest BCUT2D eigenvalue weighted by Gasteiger charge is 2.33. The summed E-state index contributed by atoms with van der Waals surface area (Å²) in [7, 11) is 1.68. The van der Waals surface area contributed by atoms with Gasteiger partial charge in [0.15, 0.2) is 0 Å². The van der Waals surface area contributed by atoms with E-state index in [1.807, 2.05) is 6.07 Å². The monoisotopic (exact) mass is 231 g/mol. The number of carbonyl (C=O) groups excluding carboxylic acids is 1. The summed E-state index contributed by atoms with van der Waals surface area (Å²) in [5.41, 5.74) is 0.743. The summed E-state index contributed by atoms with van der Waals surface area (Å²) >= 11 is 0. The van der Waals surface area contributed by atoms with Crippen LogP contribution >= 0.6 is 0 Å². The highest BCUT2D eigenvalue weighted by Crippen LogP contribution is 2.30. The van der Waals surface area contributed by atoms with Gasteiger partial charge in [0.05, 0.1) is 12.0 Å². The second-order valence-corrected chi connectivity index (χ2v) is 4.31. The molecule has 1 aliphatic rings. The van der Waals surface area contributed by atoms with Crippen LogP contribution in [0.2, 0.25) is 0 Å². The third-order valence-electron chi connectivity index (χ3n) is 3.22. The molecule has 1 amide bonds. The number of hydrogen-bond acceptors (Lipinski definition) is 3. The Hall–Kier alpha value is -2.09. The van der Waals surface area contributed by atoms with Crippen LogP contribution < -0.4 is 5.56 Å². The van der Waals surface area contributed by atoms with E-state index < -0.39 is 0 Å². The molecule has 1 aromatic heterocycles. The molecule has 0 radical (unpaired) electrons. The second-order valence-electron chi connectivity index (χ2n) is 4.31. The molecule has 1 aromatic rings. The fourth-order valence-corrected chi connectivity index (χ4v) is 2.18. The zero-order chi connectivity index (χ0) is 12.4. The number of likely N-dealkylation sites (tertiary alicyclic amines) is 1. The average molecular weight is 231 g/mol. The zero-order valence-electron chi connectivity index (χ0n) is 9.54. The van der Waals surface area contributed by atoms with Gasteiger partial charge in [-0.2, -0.15) is 5.26 Å². The summed E-state index contributed by atoms with van der Waals surface area (Å²) in [4.78, 5) is 23.8. The van der Waals surface area contributed by atoms with Gasteiger partial charge in [0.1, 0.15) is 0 Å². The van der Waals surface area contributed by atoms with E-state index in [4.69, 9.17) is 5.26 Å². The lowest BCUT2D eigenvalue weighted by molar-refractivity contribution is -0.117. The Balaban J connectivity index is 2.33. The first kappa shape index (κ1) is 11.4. The van der Waals surface area contributed by atoms with Crippen molar-refractivity contribution in [2.75, 3.05) is 13.1 Å². The lowest BCUT2D eigenvalue weighted by Crippen LogP contribution is -2.19. The summed E-state index contributed by atoms with van der Waals surface area (Å²) in [6.07, 6.45) is 2.45. The molecule has 2 unspecified atom stereocenters. The molecule has 2 heterocycles. The second kappa shape index (κ2) is 4.42. The molecule has 1 aliphatic heterocycles. The Morgan fingerprint density at radius 1 is 1.53 bits per heavy atom. The van der Waals surface area contributed by atoms with Crippen LogP contribution in [0.1, 0.15) is 11.5 Å². The third-order valence-corrected chi connectivity index (χ3v) is 3.22. The molecule has 0 saturated carbocycles. The minimum Gasteiger partial charge on any atom is -0.343 e. The number of aryl methyl sites for hydroxylation is 1. The standard InChI is InChI=1S/C12H13N3O2/c1-14-3-2-9(4-12(14)17)11-7-15(8-16)6-10(11)5-13/h2-4,8,10-11H,6-7H2,1H3. The molecule has 0 aliphatic carbocycles. The van der Waals surface area contributed by atoms with Crippen LogP contribution in [0.4, 0.5) is 0 Å². The van der Waals surface area contributed by atoms with Crippen LogP contribution in [0.15, 0.2) is 23.1 Å². The Morgan fingerprint density at radius 3 is 2.88 bits per heavy atom. The Kier molecular flexibility index (Phi) is 2.96. The number of nitriles is 1. The number of rotatable bonds is 2. The quantitative estimate of drug-likeness (QED) is 0.677. The Bertz CT molecular complexity index is 529. The lowest BCUT2D eigenvalue weighted by atomic mass is 9.91. The van der Waals surface area contributed by atoms with Gasteiger partial charge in [-0.25, -0.2) is 0 Å². The summed E-state index contributed by atoms with van der Waals surface area (Å²) in [6, 6.07) is 5.58. The molecule has 1 fully saturated rings. The van der Waals surface area contributed by atoms with Gasteiger partial charge in [0.25, 0.3) is 5.56 Å². The molecule has 0 bridgehead atoms. The molecule has 5 heteroatoms. The predicted octanol–water partition coefficient (Wildman–Crippen LogP) is 0.0807. The highest BCUT2D eigenvalue weighted by atomic mass is 16.1. The normalized spacial score (nSPS) is 23.4. The summed E-state index contributed by atoms with van der Waals surface area (Å²) in [5, 5.41) is 9.06. The number of nitrogens with zero attached hydrogens (tertiary/aromatic N) is 3. The molecule has 1 saturated heterocycles. The van der Waals surface area contributed by atoms with Crippen LogP contribution in [-0.4, -0.2) is 29.0 Å². The van der Waals surface area contributed by atoms with Crippen molar-refractivity contribution in [3.63, 3.8) is 0 Å². The molecule has 17 heavy (non-hydrogen) atoms. The molecule has 5 nitrogen and oxygen atoms in total. The third kappa shape index (κ3) is 2.07. The van der Waals surface area contributed by atoms with Gasteiger partial charge in [-0.3, -0.25) is 9.59 Å². The van der Waals surface area contributed by atoms with Crippen molar-refractivity contribution in [2.24, 2.45) is 13.0 Å². The van der Waals surface area contributed by atoms with Crippen LogP contribution in [0, 0.1) is 17.2 Å². The van der Waals surface area contributed by atoms with Gasteiger partial charge in [-0.15, -0.1) is 0 Å². The van der Waals surface area contributed by atoms with E-state index in [1.54, 1.807) is 24.2 Å². The van der Waals surface area contributed by atoms with E-state index in [1.165, 1.54) is 4.57 Å². The Labute approximate surface area is 98.9 Å². The van der Waals surface area contributed by atoms with Crippen molar-refractivity contribution >= 4 is 6.41 Å². The maximum absolute atomic E-state index is 11.5. The SMILES string of the molecule is Cn1ccc(C2CN(C=O)CC2C#N)cc1=O. The van der Waals surface area contributed by atoms with Gasteiger partial charge >= 0.3 is 0 Å². The van der Waals surface area contributed by atoms with Crippen molar-refractivity contribution in [3.8, 4) is 6.07 Å². The van der Waals surface area contributed by atoms with E-state index in [0.717, 1.165) is 12.0 Å². The van der Waals surface area contributed by atoms with Crippen molar-refractivity contribution in [1.82, 2.24) is 9.47 Å². The molecule has 0 N–H and O–H groups in total. The van der Waals surface area contributed by atoms with Gasteiger partial charge in [-0.1, -0.05) is 0 Å². The minimum atomic E-state index is -0.229.